The van der Waals surface area contributed by atoms with Crippen molar-refractivity contribution in [2.75, 3.05) is 39.9 Å². The van der Waals surface area contributed by atoms with Crippen molar-refractivity contribution < 1.29 is 9.53 Å². The molecule has 0 N–H and O–H groups in total. The highest BCUT2D eigenvalue weighted by Crippen LogP contribution is 2.23. The number of carbonyl (C=O) groups excluding carboxylic acids is 1. The third kappa shape index (κ3) is 2.83. The van der Waals surface area contributed by atoms with Crippen LogP contribution in [0.1, 0.15) is 21.5 Å². The Bertz CT molecular complexity index is 544. The van der Waals surface area contributed by atoms with Gasteiger partial charge in [-0.05, 0) is 38.1 Å². The molecule has 0 radical (unpaired) electrons. The maximum atomic E-state index is 13.0. The Hall–Kier alpha value is -1.39. The molecule has 0 aliphatic carbocycles. The van der Waals surface area contributed by atoms with E-state index in [0.29, 0.717) is 12.5 Å². The first-order valence-corrected chi connectivity index (χ1v) is 7.69. The normalized spacial score (nSPS) is 26.5. The lowest BCUT2D eigenvalue weighted by Gasteiger charge is -2.30. The number of carbonyl (C=O) groups is 1. The van der Waals surface area contributed by atoms with Crippen molar-refractivity contribution in [1.82, 2.24) is 9.80 Å². The molecule has 0 spiro atoms. The van der Waals surface area contributed by atoms with Gasteiger partial charge in [-0.25, -0.2) is 0 Å². The van der Waals surface area contributed by atoms with Gasteiger partial charge in [0.05, 0.1) is 19.3 Å². The number of hydrogen-bond donors (Lipinski definition) is 0. The minimum Gasteiger partial charge on any atom is -0.379 e. The highest BCUT2D eigenvalue weighted by atomic mass is 16.5. The summed E-state index contributed by atoms with van der Waals surface area (Å²) in [5.74, 6) is 0.573. The van der Waals surface area contributed by atoms with Crippen molar-refractivity contribution in [1.29, 1.82) is 0 Å². The quantitative estimate of drug-likeness (QED) is 0.788. The zero-order valence-corrected chi connectivity index (χ0v) is 13.1. The summed E-state index contributed by atoms with van der Waals surface area (Å²) < 4.78 is 5.76. The Morgan fingerprint density at radius 2 is 2.00 bits per heavy atom. The lowest BCUT2D eigenvalue weighted by Crippen LogP contribution is -2.46. The number of rotatable bonds is 1. The van der Waals surface area contributed by atoms with E-state index in [-0.39, 0.29) is 11.9 Å². The largest absolute Gasteiger partial charge is 0.379 e. The first-order chi connectivity index (χ1) is 10.1. The van der Waals surface area contributed by atoms with E-state index in [2.05, 4.69) is 24.9 Å². The molecule has 2 atom stereocenters. The number of aryl methyl sites for hydroxylation is 1. The Balaban J connectivity index is 1.91. The molecular weight excluding hydrogens is 264 g/mol. The van der Waals surface area contributed by atoms with Crippen LogP contribution >= 0.6 is 0 Å². The number of likely N-dealkylation sites (N-methyl/N-ethyl adjacent to an activating group) is 1. The number of hydrogen-bond acceptors (Lipinski definition) is 3. The number of benzene rings is 1. The van der Waals surface area contributed by atoms with Crippen molar-refractivity contribution in [3.8, 4) is 0 Å². The Morgan fingerprint density at radius 1 is 1.19 bits per heavy atom. The van der Waals surface area contributed by atoms with E-state index in [0.717, 1.165) is 37.4 Å². The van der Waals surface area contributed by atoms with E-state index < -0.39 is 0 Å². The van der Waals surface area contributed by atoms with Crippen LogP contribution in [0.15, 0.2) is 18.2 Å². The van der Waals surface area contributed by atoms with Gasteiger partial charge in [0.1, 0.15) is 0 Å². The van der Waals surface area contributed by atoms with Gasteiger partial charge in [-0.2, -0.15) is 0 Å². The fourth-order valence-corrected chi connectivity index (χ4v) is 3.46. The van der Waals surface area contributed by atoms with E-state index in [4.69, 9.17) is 4.74 Å². The van der Waals surface area contributed by atoms with Gasteiger partial charge in [-0.15, -0.1) is 0 Å². The second-order valence-corrected chi connectivity index (χ2v) is 6.48. The second kappa shape index (κ2) is 5.78. The summed E-state index contributed by atoms with van der Waals surface area (Å²) in [7, 11) is 2.14. The van der Waals surface area contributed by atoms with Crippen molar-refractivity contribution >= 4 is 5.91 Å². The van der Waals surface area contributed by atoms with Gasteiger partial charge in [-0.3, -0.25) is 4.79 Å². The van der Waals surface area contributed by atoms with Crippen LogP contribution in [-0.2, 0) is 4.74 Å². The summed E-state index contributed by atoms with van der Waals surface area (Å²) in [5, 5.41) is 0. The number of fused-ring (bicyclic) bond motifs is 3. The molecule has 4 nitrogen and oxygen atoms in total. The fourth-order valence-electron chi connectivity index (χ4n) is 3.46. The summed E-state index contributed by atoms with van der Waals surface area (Å²) in [6, 6.07) is 6.14. The van der Waals surface area contributed by atoms with Crippen LogP contribution in [0.4, 0.5) is 0 Å². The third-order valence-electron chi connectivity index (χ3n) is 4.75. The Morgan fingerprint density at radius 3 is 2.81 bits per heavy atom. The molecule has 4 heteroatoms. The lowest BCUT2D eigenvalue weighted by molar-refractivity contribution is 0.0483. The van der Waals surface area contributed by atoms with Crippen molar-refractivity contribution in [3.63, 3.8) is 0 Å². The summed E-state index contributed by atoms with van der Waals surface area (Å²) in [4.78, 5) is 17.4. The average Bonchev–Trinajstić information content (AvgIpc) is 2.71. The number of ether oxygens (including phenoxy) is 1. The van der Waals surface area contributed by atoms with Crippen LogP contribution in [0.2, 0.25) is 0 Å². The minimum atomic E-state index is 0.159. The fraction of sp³-hybridized carbons (Fsp3) is 0.588. The predicted octanol–water partition coefficient (Wildman–Crippen LogP) is 1.71. The first kappa shape index (κ1) is 14.5. The minimum absolute atomic E-state index is 0.159. The zero-order valence-electron chi connectivity index (χ0n) is 13.1. The Labute approximate surface area is 126 Å². The van der Waals surface area contributed by atoms with Gasteiger partial charge in [0.25, 0.3) is 5.91 Å². The van der Waals surface area contributed by atoms with Crippen molar-refractivity contribution in [2.45, 2.75) is 19.9 Å². The molecular formula is C17H24N2O2. The van der Waals surface area contributed by atoms with Gasteiger partial charge in [0.15, 0.2) is 0 Å². The van der Waals surface area contributed by atoms with Gasteiger partial charge in [-0.1, -0.05) is 12.1 Å². The summed E-state index contributed by atoms with van der Waals surface area (Å²) in [6.07, 6.45) is 0. The Kier molecular flexibility index (Phi) is 4.00. The molecule has 2 saturated heterocycles. The van der Waals surface area contributed by atoms with Gasteiger partial charge >= 0.3 is 0 Å². The average molecular weight is 288 g/mol. The van der Waals surface area contributed by atoms with Gasteiger partial charge in [0.2, 0.25) is 0 Å². The summed E-state index contributed by atoms with van der Waals surface area (Å²) >= 11 is 0. The lowest BCUT2D eigenvalue weighted by atomic mass is 10.0. The smallest absolute Gasteiger partial charge is 0.254 e. The van der Waals surface area contributed by atoms with Crippen LogP contribution < -0.4 is 0 Å². The first-order valence-electron chi connectivity index (χ1n) is 7.69. The van der Waals surface area contributed by atoms with E-state index in [1.165, 1.54) is 5.56 Å². The monoisotopic (exact) mass is 288 g/mol. The third-order valence-corrected chi connectivity index (χ3v) is 4.75. The number of nitrogens with zero attached hydrogens (tertiary/aromatic N) is 2. The van der Waals surface area contributed by atoms with E-state index in [1.54, 1.807) is 0 Å². The summed E-state index contributed by atoms with van der Waals surface area (Å²) in [5.41, 5.74) is 3.10. The molecule has 0 aromatic heterocycles. The molecule has 2 fully saturated rings. The molecule has 2 aliphatic heterocycles. The molecule has 0 saturated carbocycles. The number of amides is 1. The molecule has 2 bridgehead atoms. The zero-order chi connectivity index (χ0) is 15.0. The molecule has 1 aromatic rings. The van der Waals surface area contributed by atoms with Gasteiger partial charge in [0, 0.05) is 31.1 Å². The molecule has 114 valence electrons. The predicted molar refractivity (Wildman–Crippen MR) is 82.5 cm³/mol. The second-order valence-electron chi connectivity index (χ2n) is 6.48. The van der Waals surface area contributed by atoms with Crippen molar-refractivity contribution in [3.05, 3.63) is 34.9 Å². The van der Waals surface area contributed by atoms with E-state index in [1.807, 2.05) is 24.0 Å². The van der Waals surface area contributed by atoms with Crippen LogP contribution in [0.3, 0.4) is 0 Å². The molecule has 2 aliphatic rings. The maximum Gasteiger partial charge on any atom is 0.254 e. The van der Waals surface area contributed by atoms with Crippen LogP contribution in [0, 0.1) is 19.8 Å². The SMILES string of the molecule is Cc1cccc(C(=O)N2C[C@H]3COC[C@@H]2CN(C)C3)c1C. The van der Waals surface area contributed by atoms with Gasteiger partial charge < -0.3 is 14.5 Å². The molecule has 0 unspecified atom stereocenters. The highest BCUT2D eigenvalue weighted by molar-refractivity contribution is 5.96. The van der Waals surface area contributed by atoms with E-state index >= 15 is 0 Å². The molecule has 1 aromatic carbocycles. The molecule has 21 heavy (non-hydrogen) atoms. The van der Waals surface area contributed by atoms with Crippen molar-refractivity contribution in [2.24, 2.45) is 5.92 Å². The molecule has 2 heterocycles. The highest BCUT2D eigenvalue weighted by Gasteiger charge is 2.35. The summed E-state index contributed by atoms with van der Waals surface area (Å²) in [6.45, 7) is 8.22. The maximum absolute atomic E-state index is 13.0. The van der Waals surface area contributed by atoms with Crippen LogP contribution in [0.25, 0.3) is 0 Å². The molecule has 3 rings (SSSR count). The molecule has 1 amide bonds. The van der Waals surface area contributed by atoms with Crippen LogP contribution in [0.5, 0.6) is 0 Å². The van der Waals surface area contributed by atoms with Crippen LogP contribution in [-0.4, -0.2) is 61.6 Å². The van der Waals surface area contributed by atoms with E-state index in [9.17, 15) is 4.79 Å². The standard InChI is InChI=1S/C17H24N2O2/c1-12-5-4-6-16(13(12)2)17(20)19-8-14-7-18(3)9-15(19)11-21-10-14/h4-6,14-15H,7-11H2,1-3H3/t14-,15-/m0/s1. The topological polar surface area (TPSA) is 32.8 Å².